The Hall–Kier alpha value is -0.155. The summed E-state index contributed by atoms with van der Waals surface area (Å²) < 4.78 is 24.3. The Kier molecular flexibility index (Phi) is 3.97. The van der Waals surface area contributed by atoms with Crippen LogP contribution in [0.2, 0.25) is 0 Å². The first kappa shape index (κ1) is 11.3. The van der Waals surface area contributed by atoms with E-state index >= 15 is 0 Å². The molecule has 2 aliphatic heterocycles. The van der Waals surface area contributed by atoms with Crippen LogP contribution in [0.4, 0.5) is 8.63 Å². The van der Waals surface area contributed by atoms with Crippen LogP contribution in [0.1, 0.15) is 25.7 Å². The molecule has 0 radical (unpaired) electrons. The molecular weight excluding hydrogens is 197 g/mol. The summed E-state index contributed by atoms with van der Waals surface area (Å²) in [6.45, 7) is 4.15. The fourth-order valence-electron chi connectivity index (χ4n) is 2.77. The molecular formula is C10H19BF2N2. The highest BCUT2D eigenvalue weighted by Crippen LogP contribution is 2.20. The Morgan fingerprint density at radius 2 is 1.60 bits per heavy atom. The SMILES string of the molecule is FB(F)CN1CCC(N2CCCC2)CC1. The van der Waals surface area contributed by atoms with Crippen LogP contribution < -0.4 is 0 Å². The fourth-order valence-corrected chi connectivity index (χ4v) is 2.77. The smallest absolute Gasteiger partial charge is 0.305 e. The van der Waals surface area contributed by atoms with E-state index in [1.165, 1.54) is 25.9 Å². The van der Waals surface area contributed by atoms with Crippen molar-refractivity contribution in [2.75, 3.05) is 32.6 Å². The summed E-state index contributed by atoms with van der Waals surface area (Å²) in [5.74, 6) is 0. The highest BCUT2D eigenvalue weighted by atomic mass is 19.2. The highest BCUT2D eigenvalue weighted by molar-refractivity contribution is 6.42. The lowest BCUT2D eigenvalue weighted by atomic mass is 9.95. The summed E-state index contributed by atoms with van der Waals surface area (Å²) in [5, 5.41) is 0. The Labute approximate surface area is 90.8 Å². The molecule has 2 aliphatic rings. The van der Waals surface area contributed by atoms with Gasteiger partial charge in [-0.05, 0) is 51.9 Å². The van der Waals surface area contributed by atoms with Gasteiger partial charge in [0.2, 0.25) is 0 Å². The number of likely N-dealkylation sites (tertiary alicyclic amines) is 2. The maximum Gasteiger partial charge on any atom is 0.551 e. The lowest BCUT2D eigenvalue weighted by Crippen LogP contribution is -2.45. The maximum atomic E-state index is 12.2. The second-order valence-electron chi connectivity index (χ2n) is 4.67. The van der Waals surface area contributed by atoms with E-state index < -0.39 is 7.27 Å². The zero-order valence-corrected chi connectivity index (χ0v) is 9.17. The molecule has 0 aliphatic carbocycles. The van der Waals surface area contributed by atoms with Crippen LogP contribution in [0, 0.1) is 0 Å². The van der Waals surface area contributed by atoms with Crippen molar-refractivity contribution in [3.63, 3.8) is 0 Å². The van der Waals surface area contributed by atoms with Crippen molar-refractivity contribution in [1.82, 2.24) is 9.80 Å². The quantitative estimate of drug-likeness (QED) is 0.660. The van der Waals surface area contributed by atoms with Gasteiger partial charge in [-0.3, -0.25) is 8.63 Å². The number of piperidine rings is 1. The molecule has 0 aromatic rings. The third-order valence-electron chi connectivity index (χ3n) is 3.61. The summed E-state index contributed by atoms with van der Waals surface area (Å²) in [5.41, 5.74) is 0. The molecule has 2 saturated heterocycles. The van der Waals surface area contributed by atoms with Gasteiger partial charge in [0, 0.05) is 12.5 Å². The van der Waals surface area contributed by atoms with E-state index in [1.807, 2.05) is 4.90 Å². The van der Waals surface area contributed by atoms with Crippen LogP contribution in [0.3, 0.4) is 0 Å². The molecule has 0 bridgehead atoms. The van der Waals surface area contributed by atoms with E-state index in [0.717, 1.165) is 25.9 Å². The molecule has 2 nitrogen and oxygen atoms in total. The van der Waals surface area contributed by atoms with E-state index in [-0.39, 0.29) is 6.44 Å². The maximum absolute atomic E-state index is 12.2. The molecule has 15 heavy (non-hydrogen) atoms. The summed E-state index contributed by atoms with van der Waals surface area (Å²) in [6, 6.07) is 0.668. The third-order valence-corrected chi connectivity index (χ3v) is 3.61. The molecule has 0 atom stereocenters. The summed E-state index contributed by atoms with van der Waals surface area (Å²) in [6.07, 6.45) is 4.75. The summed E-state index contributed by atoms with van der Waals surface area (Å²) in [4.78, 5) is 4.44. The van der Waals surface area contributed by atoms with Gasteiger partial charge in [-0.2, -0.15) is 0 Å². The van der Waals surface area contributed by atoms with Gasteiger partial charge in [-0.25, -0.2) is 0 Å². The van der Waals surface area contributed by atoms with Crippen LogP contribution in [0.25, 0.3) is 0 Å². The van der Waals surface area contributed by atoms with Gasteiger partial charge in [0.25, 0.3) is 0 Å². The average Bonchev–Trinajstić information content (AvgIpc) is 2.71. The lowest BCUT2D eigenvalue weighted by molar-refractivity contribution is 0.136. The molecule has 5 heteroatoms. The van der Waals surface area contributed by atoms with Crippen LogP contribution in [-0.2, 0) is 0 Å². The van der Waals surface area contributed by atoms with Gasteiger partial charge in [-0.15, -0.1) is 0 Å². The van der Waals surface area contributed by atoms with Crippen LogP contribution in [0.5, 0.6) is 0 Å². The van der Waals surface area contributed by atoms with E-state index in [9.17, 15) is 8.63 Å². The predicted molar refractivity (Wildman–Crippen MR) is 58.2 cm³/mol. The standard InChI is InChI=1S/C10H19BF2N2/c12-11(13)9-14-7-3-10(4-8-14)15-5-1-2-6-15/h10H,1-9H2. The van der Waals surface area contributed by atoms with Crippen molar-refractivity contribution in [3.05, 3.63) is 0 Å². The van der Waals surface area contributed by atoms with Crippen LogP contribution >= 0.6 is 0 Å². The first-order valence-electron chi connectivity index (χ1n) is 6.00. The van der Waals surface area contributed by atoms with Crippen molar-refractivity contribution in [2.24, 2.45) is 0 Å². The van der Waals surface area contributed by atoms with Gasteiger partial charge in [0.05, 0.1) is 0 Å². The summed E-state index contributed by atoms with van der Waals surface area (Å²) in [7, 11) is -2.17. The molecule has 0 aromatic heterocycles. The van der Waals surface area contributed by atoms with Gasteiger partial charge < -0.3 is 9.80 Å². The number of hydrogen-bond acceptors (Lipinski definition) is 2. The second kappa shape index (κ2) is 5.26. The van der Waals surface area contributed by atoms with Gasteiger partial charge in [0.15, 0.2) is 0 Å². The Balaban J connectivity index is 1.71. The zero-order chi connectivity index (χ0) is 10.7. The van der Waals surface area contributed by atoms with Gasteiger partial charge in [0.1, 0.15) is 0 Å². The highest BCUT2D eigenvalue weighted by Gasteiger charge is 2.28. The van der Waals surface area contributed by atoms with Crippen molar-refractivity contribution in [2.45, 2.75) is 31.7 Å². The molecule has 0 saturated carbocycles. The van der Waals surface area contributed by atoms with Crippen molar-refractivity contribution in [3.8, 4) is 0 Å². The first-order chi connectivity index (χ1) is 7.25. The molecule has 86 valence electrons. The minimum absolute atomic E-state index is 0.0350. The van der Waals surface area contributed by atoms with Crippen molar-refractivity contribution >= 4 is 7.27 Å². The van der Waals surface area contributed by atoms with Gasteiger partial charge in [-0.1, -0.05) is 0 Å². The van der Waals surface area contributed by atoms with E-state index in [1.54, 1.807) is 0 Å². The predicted octanol–water partition coefficient (Wildman–Crippen LogP) is 1.51. The lowest BCUT2D eigenvalue weighted by Gasteiger charge is -2.36. The minimum atomic E-state index is -2.17. The van der Waals surface area contributed by atoms with Crippen molar-refractivity contribution in [1.29, 1.82) is 0 Å². The molecule has 0 N–H and O–H groups in total. The second-order valence-corrected chi connectivity index (χ2v) is 4.67. The third kappa shape index (κ3) is 3.15. The molecule has 0 unspecified atom stereocenters. The zero-order valence-electron chi connectivity index (χ0n) is 9.17. The molecule has 2 fully saturated rings. The topological polar surface area (TPSA) is 6.48 Å². The molecule has 0 amide bonds. The van der Waals surface area contributed by atoms with Crippen molar-refractivity contribution < 1.29 is 8.63 Å². The summed E-state index contributed by atoms with van der Waals surface area (Å²) >= 11 is 0. The molecule has 2 heterocycles. The number of nitrogens with zero attached hydrogens (tertiary/aromatic N) is 2. The monoisotopic (exact) mass is 216 g/mol. The Morgan fingerprint density at radius 3 is 2.13 bits per heavy atom. The van der Waals surface area contributed by atoms with E-state index in [0.29, 0.717) is 6.04 Å². The largest absolute Gasteiger partial charge is 0.551 e. The number of halogens is 2. The minimum Gasteiger partial charge on any atom is -0.305 e. The number of rotatable bonds is 3. The normalized spacial score (nSPS) is 26.0. The molecule has 2 rings (SSSR count). The number of hydrogen-bond donors (Lipinski definition) is 0. The fraction of sp³-hybridized carbons (Fsp3) is 1.00. The molecule has 0 spiro atoms. The van der Waals surface area contributed by atoms with Gasteiger partial charge >= 0.3 is 7.27 Å². The average molecular weight is 216 g/mol. The van der Waals surface area contributed by atoms with Crippen LogP contribution in [0.15, 0.2) is 0 Å². The Bertz CT molecular complexity index is 190. The van der Waals surface area contributed by atoms with E-state index in [2.05, 4.69) is 4.90 Å². The Morgan fingerprint density at radius 1 is 1.00 bits per heavy atom. The molecule has 0 aromatic carbocycles. The first-order valence-corrected chi connectivity index (χ1v) is 6.00. The van der Waals surface area contributed by atoms with E-state index in [4.69, 9.17) is 0 Å². The van der Waals surface area contributed by atoms with Crippen LogP contribution in [-0.4, -0.2) is 55.7 Å².